The largest absolute Gasteiger partial charge is 0.394 e. The van der Waals surface area contributed by atoms with Crippen molar-refractivity contribution in [3.63, 3.8) is 0 Å². The van der Waals surface area contributed by atoms with Crippen LogP contribution in [0.1, 0.15) is 0 Å². The molecule has 0 rings (SSSR count). The van der Waals surface area contributed by atoms with Gasteiger partial charge in [-0.05, 0) is 0 Å². The highest BCUT2D eigenvalue weighted by atomic mass is 35.6. The summed E-state index contributed by atoms with van der Waals surface area (Å²) in [7, 11) is -4.67. The summed E-state index contributed by atoms with van der Waals surface area (Å²) >= 11 is 14.6. The summed E-state index contributed by atoms with van der Waals surface area (Å²) in [5.41, 5.74) is 0. The fourth-order valence-corrected chi connectivity index (χ4v) is 0. The van der Waals surface area contributed by atoms with Gasteiger partial charge in [-0.3, -0.25) is 13.9 Å². The molecule has 0 amide bonds. The van der Waals surface area contributed by atoms with Crippen molar-refractivity contribution < 1.29 is 22.3 Å². The third kappa shape index (κ3) is 63.3. The molecule has 5 nitrogen and oxygen atoms in total. The molecule has 0 bridgehead atoms. The maximum absolute atomic E-state index is 9.43. The summed E-state index contributed by atoms with van der Waals surface area (Å²) in [5, 5.41) is 0. The Balaban J connectivity index is 0. The fraction of sp³-hybridized carbons (Fsp3) is 0.500. The van der Waals surface area contributed by atoms with Crippen molar-refractivity contribution in [2.75, 3.05) is 0 Å². The van der Waals surface area contributed by atoms with Gasteiger partial charge in [-0.1, -0.05) is 34.8 Å². The molecule has 0 unspecified atom stereocenters. The van der Waals surface area contributed by atoms with Crippen LogP contribution in [-0.2, 0) is 15.2 Å². The van der Waals surface area contributed by atoms with E-state index in [9.17, 15) is 4.79 Å². The standard InChI is InChI=1S/C2HCl3O.H2O4S/c3-2(4,5)1-6;1-5(2,3)4/h1H;(H2,1,2,3,4). The Morgan fingerprint density at radius 2 is 1.27 bits per heavy atom. The minimum Gasteiger partial charge on any atom is -0.299 e. The number of halogens is 3. The third-order valence-electron chi connectivity index (χ3n) is 0.134. The number of hydrogen-bond donors (Lipinski definition) is 2. The van der Waals surface area contributed by atoms with Crippen molar-refractivity contribution >= 4 is 51.5 Å². The Labute approximate surface area is 77.8 Å². The van der Waals surface area contributed by atoms with Crippen LogP contribution >= 0.6 is 34.8 Å². The summed E-state index contributed by atoms with van der Waals surface area (Å²) in [6, 6.07) is 0. The summed E-state index contributed by atoms with van der Waals surface area (Å²) < 4.78 is 29.9. The fourth-order valence-electron chi connectivity index (χ4n) is 0. The molecular weight excluding hydrogens is 242 g/mol. The molecule has 0 saturated heterocycles. The maximum atomic E-state index is 9.43. The Bertz CT molecular complexity index is 194. The predicted octanol–water partition coefficient (Wildman–Crippen LogP) is 0.903. The molecule has 0 fully saturated rings. The van der Waals surface area contributed by atoms with E-state index in [4.69, 9.17) is 52.3 Å². The van der Waals surface area contributed by atoms with Crippen molar-refractivity contribution in [3.05, 3.63) is 0 Å². The van der Waals surface area contributed by atoms with Crippen LogP contribution in [0.25, 0.3) is 0 Å². The zero-order valence-electron chi connectivity index (χ0n) is 4.74. The van der Waals surface area contributed by atoms with Gasteiger partial charge in [0.05, 0.1) is 0 Å². The third-order valence-corrected chi connectivity index (χ3v) is 0.401. The van der Waals surface area contributed by atoms with Crippen LogP contribution < -0.4 is 0 Å². The maximum Gasteiger partial charge on any atom is 0.394 e. The van der Waals surface area contributed by atoms with Crippen molar-refractivity contribution in [3.8, 4) is 0 Å². The quantitative estimate of drug-likeness (QED) is 0.376. The van der Waals surface area contributed by atoms with Crippen LogP contribution in [0.4, 0.5) is 0 Å². The van der Waals surface area contributed by atoms with Gasteiger partial charge in [0.1, 0.15) is 0 Å². The molecule has 0 atom stereocenters. The second-order valence-corrected chi connectivity index (χ2v) is 4.37. The molecule has 0 aromatic carbocycles. The van der Waals surface area contributed by atoms with E-state index < -0.39 is 14.2 Å². The Kier molecular flexibility index (Phi) is 6.51. The molecular formula is C2H3Cl3O5S. The highest BCUT2D eigenvalue weighted by Gasteiger charge is 2.16. The van der Waals surface area contributed by atoms with Crippen molar-refractivity contribution in [2.24, 2.45) is 0 Å². The average Bonchev–Trinajstić information content (AvgIpc) is 1.59. The predicted molar refractivity (Wildman–Crippen MR) is 40.5 cm³/mol. The van der Waals surface area contributed by atoms with Crippen LogP contribution in [0.15, 0.2) is 0 Å². The molecule has 9 heteroatoms. The zero-order valence-corrected chi connectivity index (χ0v) is 7.82. The van der Waals surface area contributed by atoms with E-state index in [0.29, 0.717) is 0 Å². The lowest BCUT2D eigenvalue weighted by Gasteiger charge is -1.93. The molecule has 0 aliphatic carbocycles. The zero-order chi connectivity index (χ0) is 9.71. The van der Waals surface area contributed by atoms with Gasteiger partial charge in [0, 0.05) is 0 Å². The van der Waals surface area contributed by atoms with Gasteiger partial charge in [0.2, 0.25) is 3.79 Å². The lowest BCUT2D eigenvalue weighted by atomic mass is 10.9. The van der Waals surface area contributed by atoms with Gasteiger partial charge in [-0.25, -0.2) is 0 Å². The number of hydrogen-bond acceptors (Lipinski definition) is 3. The molecule has 0 heterocycles. The SMILES string of the molecule is O=CC(Cl)(Cl)Cl.O=S(=O)(O)O. The average molecular weight is 245 g/mol. The Morgan fingerprint density at radius 1 is 1.18 bits per heavy atom. The molecule has 0 spiro atoms. The molecule has 0 aromatic rings. The molecule has 68 valence electrons. The van der Waals surface area contributed by atoms with Gasteiger partial charge in [0.15, 0.2) is 6.29 Å². The molecule has 0 aliphatic heterocycles. The molecule has 0 radical (unpaired) electrons. The van der Waals surface area contributed by atoms with Crippen LogP contribution in [-0.4, -0.2) is 27.6 Å². The van der Waals surface area contributed by atoms with Gasteiger partial charge in [-0.2, -0.15) is 8.42 Å². The van der Waals surface area contributed by atoms with E-state index in [2.05, 4.69) is 0 Å². The normalized spacial score (nSPS) is 11.4. The first-order chi connectivity index (χ1) is 4.56. The minimum absolute atomic E-state index is 0.234. The first-order valence-electron chi connectivity index (χ1n) is 1.79. The van der Waals surface area contributed by atoms with Gasteiger partial charge < -0.3 is 0 Å². The summed E-state index contributed by atoms with van der Waals surface area (Å²) in [6.45, 7) is 0. The van der Waals surface area contributed by atoms with Gasteiger partial charge in [0.25, 0.3) is 0 Å². The van der Waals surface area contributed by atoms with E-state index in [1.807, 2.05) is 0 Å². The lowest BCUT2D eigenvalue weighted by Crippen LogP contribution is -2.00. The summed E-state index contributed by atoms with van der Waals surface area (Å²) in [5.74, 6) is 0. The second kappa shape index (κ2) is 5.13. The number of carbonyl (C=O) groups excluding carboxylic acids is 1. The smallest absolute Gasteiger partial charge is 0.299 e. The van der Waals surface area contributed by atoms with E-state index in [1.165, 1.54) is 0 Å². The van der Waals surface area contributed by atoms with Crippen LogP contribution in [0.5, 0.6) is 0 Å². The van der Waals surface area contributed by atoms with E-state index in [-0.39, 0.29) is 6.29 Å². The van der Waals surface area contributed by atoms with E-state index >= 15 is 0 Å². The van der Waals surface area contributed by atoms with Crippen molar-refractivity contribution in [2.45, 2.75) is 3.79 Å². The Morgan fingerprint density at radius 3 is 1.27 bits per heavy atom. The highest BCUT2D eigenvalue weighted by molar-refractivity contribution is 7.79. The molecule has 0 aliphatic rings. The second-order valence-electron chi connectivity index (χ2n) is 1.11. The van der Waals surface area contributed by atoms with Crippen LogP contribution in [0.2, 0.25) is 0 Å². The molecule has 2 N–H and O–H groups in total. The highest BCUT2D eigenvalue weighted by Crippen LogP contribution is 2.21. The number of rotatable bonds is 0. The molecule has 0 saturated carbocycles. The number of aldehydes is 1. The first-order valence-corrected chi connectivity index (χ1v) is 4.32. The summed E-state index contributed by atoms with van der Waals surface area (Å²) in [4.78, 5) is 9.43. The Hall–Kier alpha value is 0.410. The van der Waals surface area contributed by atoms with Crippen LogP contribution in [0.3, 0.4) is 0 Å². The van der Waals surface area contributed by atoms with E-state index in [1.54, 1.807) is 0 Å². The van der Waals surface area contributed by atoms with E-state index in [0.717, 1.165) is 0 Å². The first kappa shape index (κ1) is 14.0. The number of alkyl halides is 3. The molecule has 0 aromatic heterocycles. The minimum atomic E-state index is -4.67. The monoisotopic (exact) mass is 244 g/mol. The van der Waals surface area contributed by atoms with Crippen molar-refractivity contribution in [1.82, 2.24) is 0 Å². The van der Waals surface area contributed by atoms with Crippen molar-refractivity contribution in [1.29, 1.82) is 0 Å². The van der Waals surface area contributed by atoms with Crippen LogP contribution in [0, 0.1) is 0 Å². The lowest BCUT2D eigenvalue weighted by molar-refractivity contribution is -0.107. The van der Waals surface area contributed by atoms with Gasteiger partial charge in [-0.15, -0.1) is 0 Å². The van der Waals surface area contributed by atoms with Gasteiger partial charge >= 0.3 is 10.4 Å². The topological polar surface area (TPSA) is 91.7 Å². The number of carbonyl (C=O) groups is 1. The molecule has 11 heavy (non-hydrogen) atoms. The summed E-state index contributed by atoms with van der Waals surface area (Å²) in [6.07, 6.45) is 0.234.